The minimum Gasteiger partial charge on any atom is -0.349 e. The quantitative estimate of drug-likeness (QED) is 0.519. The molecule has 0 bridgehead atoms. The minimum absolute atomic E-state index is 0.00353. The standard InChI is InChI=1S/C28H30N2O2S/c1-18(2)17-30-26(24-15-8-16-33-24)25(21-12-5-6-13-22(21)28(30)32)27(31)29-23-14-7-10-19-9-3-4-11-20(19)23/h3-6,8-9,11-13,15-16,18,23,25-26H,7,10,14,17H2,1-2H3,(H,29,31)/t23-,25+,26+/m1/s1. The first-order chi connectivity index (χ1) is 16.0. The molecule has 2 aliphatic rings. The van der Waals surface area contributed by atoms with Crippen molar-refractivity contribution in [1.82, 2.24) is 10.2 Å². The molecule has 1 aliphatic carbocycles. The third kappa shape index (κ3) is 4.10. The average Bonchev–Trinajstić information content (AvgIpc) is 3.35. The van der Waals surface area contributed by atoms with Crippen LogP contribution in [0.3, 0.4) is 0 Å². The molecule has 3 aromatic rings. The van der Waals surface area contributed by atoms with E-state index >= 15 is 0 Å². The van der Waals surface area contributed by atoms with E-state index in [4.69, 9.17) is 0 Å². The Bertz CT molecular complexity index is 1150. The molecule has 0 spiro atoms. The largest absolute Gasteiger partial charge is 0.349 e. The number of carbonyl (C=O) groups is 2. The van der Waals surface area contributed by atoms with Crippen molar-refractivity contribution in [3.05, 3.63) is 93.2 Å². The van der Waals surface area contributed by atoms with E-state index in [2.05, 4.69) is 49.5 Å². The van der Waals surface area contributed by atoms with Gasteiger partial charge >= 0.3 is 0 Å². The van der Waals surface area contributed by atoms with Gasteiger partial charge in [-0.15, -0.1) is 11.3 Å². The molecule has 0 saturated carbocycles. The Labute approximate surface area is 199 Å². The maximum Gasteiger partial charge on any atom is 0.254 e. The summed E-state index contributed by atoms with van der Waals surface area (Å²) >= 11 is 1.62. The van der Waals surface area contributed by atoms with Crippen LogP contribution in [0.15, 0.2) is 66.0 Å². The molecule has 4 nitrogen and oxygen atoms in total. The van der Waals surface area contributed by atoms with Gasteiger partial charge in [-0.05, 0) is 59.4 Å². The SMILES string of the molecule is CC(C)CN1C(=O)c2ccccc2[C@H](C(=O)N[C@@H]2CCCc3ccccc32)[C@@H]1c1cccs1. The Kier molecular flexibility index (Phi) is 6.07. The van der Waals surface area contributed by atoms with E-state index in [1.165, 1.54) is 11.1 Å². The van der Waals surface area contributed by atoms with Crippen molar-refractivity contribution in [2.75, 3.05) is 6.54 Å². The molecule has 0 unspecified atom stereocenters. The van der Waals surface area contributed by atoms with Gasteiger partial charge in [0.25, 0.3) is 5.91 Å². The second kappa shape index (κ2) is 9.14. The van der Waals surface area contributed by atoms with Crippen LogP contribution in [0.25, 0.3) is 0 Å². The van der Waals surface area contributed by atoms with Crippen LogP contribution in [0, 0.1) is 5.92 Å². The molecule has 1 N–H and O–H groups in total. The van der Waals surface area contributed by atoms with E-state index in [9.17, 15) is 9.59 Å². The van der Waals surface area contributed by atoms with Crippen molar-refractivity contribution in [3.63, 3.8) is 0 Å². The Balaban J connectivity index is 1.57. The van der Waals surface area contributed by atoms with Crippen molar-refractivity contribution < 1.29 is 9.59 Å². The fraction of sp³-hybridized carbons (Fsp3) is 0.357. The molecule has 5 rings (SSSR count). The first kappa shape index (κ1) is 21.9. The summed E-state index contributed by atoms with van der Waals surface area (Å²) in [5, 5.41) is 5.42. The van der Waals surface area contributed by atoms with Crippen molar-refractivity contribution in [1.29, 1.82) is 0 Å². The van der Waals surface area contributed by atoms with E-state index in [-0.39, 0.29) is 23.9 Å². The Morgan fingerprint density at radius 1 is 1.06 bits per heavy atom. The first-order valence-electron chi connectivity index (χ1n) is 11.9. The lowest BCUT2D eigenvalue weighted by molar-refractivity contribution is -0.125. The normalized spacial score (nSPS) is 22.1. The number of aryl methyl sites for hydroxylation is 1. The smallest absolute Gasteiger partial charge is 0.254 e. The monoisotopic (exact) mass is 458 g/mol. The van der Waals surface area contributed by atoms with Crippen molar-refractivity contribution >= 4 is 23.2 Å². The molecule has 170 valence electrons. The predicted molar refractivity (Wildman–Crippen MR) is 132 cm³/mol. The second-order valence-electron chi connectivity index (χ2n) is 9.53. The summed E-state index contributed by atoms with van der Waals surface area (Å²) in [5.41, 5.74) is 4.03. The van der Waals surface area contributed by atoms with E-state index in [1.807, 2.05) is 40.6 Å². The molecule has 2 aromatic carbocycles. The topological polar surface area (TPSA) is 49.4 Å². The molecule has 33 heavy (non-hydrogen) atoms. The predicted octanol–water partition coefficient (Wildman–Crippen LogP) is 5.88. The van der Waals surface area contributed by atoms with Crippen LogP contribution in [0.5, 0.6) is 0 Å². The molecule has 0 saturated heterocycles. The van der Waals surface area contributed by atoms with Gasteiger partial charge in [0.15, 0.2) is 0 Å². The summed E-state index contributed by atoms with van der Waals surface area (Å²) in [4.78, 5) is 30.6. The molecule has 5 heteroatoms. The van der Waals surface area contributed by atoms with Gasteiger partial charge in [-0.1, -0.05) is 62.4 Å². The van der Waals surface area contributed by atoms with Crippen LogP contribution in [0.1, 0.15) is 76.6 Å². The zero-order valence-corrected chi connectivity index (χ0v) is 20.0. The molecule has 0 radical (unpaired) electrons. The molecule has 0 fully saturated rings. The highest BCUT2D eigenvalue weighted by atomic mass is 32.1. The number of amides is 2. The number of hydrogen-bond acceptors (Lipinski definition) is 3. The molecule has 1 aromatic heterocycles. The average molecular weight is 459 g/mol. The minimum atomic E-state index is -0.439. The first-order valence-corrected chi connectivity index (χ1v) is 12.7. The van der Waals surface area contributed by atoms with Gasteiger partial charge in [0.05, 0.1) is 18.0 Å². The fourth-order valence-electron chi connectivity index (χ4n) is 5.41. The number of hydrogen-bond donors (Lipinski definition) is 1. The highest BCUT2D eigenvalue weighted by Gasteiger charge is 2.45. The Hall–Kier alpha value is -2.92. The van der Waals surface area contributed by atoms with Crippen LogP contribution >= 0.6 is 11.3 Å². The van der Waals surface area contributed by atoms with Crippen LogP contribution in [0.2, 0.25) is 0 Å². The number of benzene rings is 2. The Morgan fingerprint density at radius 3 is 2.58 bits per heavy atom. The van der Waals surface area contributed by atoms with Crippen molar-refractivity contribution in [2.45, 2.75) is 51.1 Å². The van der Waals surface area contributed by atoms with E-state index < -0.39 is 5.92 Å². The third-order valence-corrected chi connectivity index (χ3v) is 7.75. The summed E-state index contributed by atoms with van der Waals surface area (Å²) in [6.45, 7) is 4.85. The van der Waals surface area contributed by atoms with Crippen LogP contribution in [-0.4, -0.2) is 23.3 Å². The molecule has 1 aliphatic heterocycles. The van der Waals surface area contributed by atoms with E-state index in [0.717, 1.165) is 29.7 Å². The van der Waals surface area contributed by atoms with Gasteiger partial charge in [-0.2, -0.15) is 0 Å². The highest BCUT2D eigenvalue weighted by molar-refractivity contribution is 7.10. The number of carbonyl (C=O) groups excluding carboxylic acids is 2. The second-order valence-corrected chi connectivity index (χ2v) is 10.5. The maximum absolute atomic E-state index is 14.0. The fourth-order valence-corrected chi connectivity index (χ4v) is 6.29. The number of rotatable bonds is 5. The van der Waals surface area contributed by atoms with Crippen LogP contribution in [-0.2, 0) is 11.2 Å². The lowest BCUT2D eigenvalue weighted by atomic mass is 9.80. The molecule has 2 amide bonds. The third-order valence-electron chi connectivity index (χ3n) is 6.80. The van der Waals surface area contributed by atoms with Gasteiger partial charge in [-0.25, -0.2) is 0 Å². The highest BCUT2D eigenvalue weighted by Crippen LogP contribution is 2.45. The van der Waals surface area contributed by atoms with Crippen LogP contribution in [0.4, 0.5) is 0 Å². The summed E-state index contributed by atoms with van der Waals surface area (Å²) in [6.07, 6.45) is 3.06. The van der Waals surface area contributed by atoms with Gasteiger partial charge in [0.2, 0.25) is 5.91 Å². The maximum atomic E-state index is 14.0. The number of thiophene rings is 1. The van der Waals surface area contributed by atoms with E-state index in [1.54, 1.807) is 11.3 Å². The van der Waals surface area contributed by atoms with E-state index in [0.29, 0.717) is 18.0 Å². The lowest BCUT2D eigenvalue weighted by Gasteiger charge is -2.42. The number of fused-ring (bicyclic) bond motifs is 2. The Morgan fingerprint density at radius 2 is 1.82 bits per heavy atom. The van der Waals surface area contributed by atoms with Crippen molar-refractivity contribution in [3.8, 4) is 0 Å². The summed E-state index contributed by atoms with van der Waals surface area (Å²) in [7, 11) is 0. The molecule has 2 heterocycles. The molecular weight excluding hydrogens is 428 g/mol. The summed E-state index contributed by atoms with van der Waals surface area (Å²) < 4.78 is 0. The van der Waals surface area contributed by atoms with Gasteiger partial charge in [0.1, 0.15) is 0 Å². The van der Waals surface area contributed by atoms with Gasteiger partial charge in [0, 0.05) is 17.0 Å². The van der Waals surface area contributed by atoms with Crippen molar-refractivity contribution in [2.24, 2.45) is 5.92 Å². The molecule has 3 atom stereocenters. The zero-order valence-electron chi connectivity index (χ0n) is 19.2. The lowest BCUT2D eigenvalue weighted by Crippen LogP contribution is -2.48. The summed E-state index contributed by atoms with van der Waals surface area (Å²) in [5.74, 6) is -0.116. The number of nitrogens with one attached hydrogen (secondary N) is 1. The summed E-state index contributed by atoms with van der Waals surface area (Å²) in [6, 6.07) is 19.9. The van der Waals surface area contributed by atoms with Gasteiger partial charge < -0.3 is 10.2 Å². The number of nitrogens with zero attached hydrogens (tertiary/aromatic N) is 1. The molecular formula is C28H30N2O2S. The van der Waals surface area contributed by atoms with Gasteiger partial charge in [-0.3, -0.25) is 9.59 Å². The van der Waals surface area contributed by atoms with Crippen LogP contribution < -0.4 is 5.32 Å². The zero-order chi connectivity index (χ0) is 22.9.